The number of aliphatic hydroxyl groups excluding tert-OH is 1. The topological polar surface area (TPSA) is 128 Å². The first-order chi connectivity index (χ1) is 13.8. The number of nitrogens with one attached hydrogen (secondary N) is 3. The van der Waals surface area contributed by atoms with Gasteiger partial charge in [0.25, 0.3) is 11.8 Å². The predicted octanol–water partition coefficient (Wildman–Crippen LogP) is 1.47. The zero-order chi connectivity index (χ0) is 21.4. The van der Waals surface area contributed by atoms with Crippen molar-refractivity contribution in [3.8, 4) is 0 Å². The van der Waals surface area contributed by atoms with Crippen LogP contribution in [0.5, 0.6) is 0 Å². The molecule has 2 rings (SSSR count). The molecule has 1 aromatic carbocycles. The maximum absolute atomic E-state index is 13.3. The van der Waals surface area contributed by atoms with Gasteiger partial charge in [0, 0.05) is 12.6 Å². The molecule has 5 N–H and O–H groups in total. The lowest BCUT2D eigenvalue weighted by Crippen LogP contribution is -2.41. The van der Waals surface area contributed by atoms with Crippen LogP contribution in [-0.4, -0.2) is 40.6 Å². The molecule has 8 nitrogen and oxygen atoms in total. The van der Waals surface area contributed by atoms with E-state index in [0.29, 0.717) is 0 Å². The van der Waals surface area contributed by atoms with E-state index >= 15 is 0 Å². The monoisotopic (exact) mass is 411 g/mol. The highest BCUT2D eigenvalue weighted by atomic mass is 19.2. The Hall–Kier alpha value is -3.17. The van der Waals surface area contributed by atoms with E-state index in [4.69, 9.17) is 5.11 Å². The predicted molar refractivity (Wildman–Crippen MR) is 98.5 cm³/mol. The molecule has 0 unspecified atom stereocenters. The molecule has 10 heteroatoms. The minimum Gasteiger partial charge on any atom is -0.494 e. The quantitative estimate of drug-likeness (QED) is 0.191. The molecule has 0 aliphatic heterocycles. The van der Waals surface area contributed by atoms with Gasteiger partial charge in [0.1, 0.15) is 6.54 Å². The highest BCUT2D eigenvalue weighted by Gasteiger charge is 2.26. The maximum Gasteiger partial charge on any atom is 0.322 e. The van der Waals surface area contributed by atoms with Gasteiger partial charge in [0.15, 0.2) is 17.2 Å². The van der Waals surface area contributed by atoms with Gasteiger partial charge in [-0.1, -0.05) is 25.3 Å². The number of aliphatic carboxylic acids is 1. The van der Waals surface area contributed by atoms with Gasteiger partial charge in [0.2, 0.25) is 5.88 Å². The summed E-state index contributed by atoms with van der Waals surface area (Å²) in [6.45, 7) is -0.974. The lowest BCUT2D eigenvalue weighted by molar-refractivity contribution is -0.138. The first-order valence-corrected chi connectivity index (χ1v) is 9.19. The lowest BCUT2D eigenvalue weighted by Gasteiger charge is -2.24. The van der Waals surface area contributed by atoms with Crippen molar-refractivity contribution in [1.29, 1.82) is 0 Å². The third-order valence-electron chi connectivity index (χ3n) is 4.47. The number of carbonyl (C=O) groups is 3. The second-order valence-electron chi connectivity index (χ2n) is 6.71. The van der Waals surface area contributed by atoms with Gasteiger partial charge in [-0.2, -0.15) is 0 Å². The van der Waals surface area contributed by atoms with E-state index in [1.165, 1.54) is 6.07 Å². The first-order valence-electron chi connectivity index (χ1n) is 9.19. The van der Waals surface area contributed by atoms with E-state index in [0.717, 1.165) is 44.2 Å². The molecular formula is C19H23F2N3O5. The summed E-state index contributed by atoms with van der Waals surface area (Å²) in [6, 6.07) is 2.93. The van der Waals surface area contributed by atoms with Gasteiger partial charge in [0.05, 0.1) is 0 Å². The summed E-state index contributed by atoms with van der Waals surface area (Å²) in [5.41, 5.74) is -0.443. The van der Waals surface area contributed by atoms with Crippen molar-refractivity contribution in [2.24, 2.45) is 0 Å². The Kier molecular flexibility index (Phi) is 7.93. The van der Waals surface area contributed by atoms with Crippen LogP contribution in [-0.2, 0) is 20.9 Å². The number of aliphatic hydroxyl groups is 1. The smallest absolute Gasteiger partial charge is 0.322 e. The molecule has 29 heavy (non-hydrogen) atoms. The van der Waals surface area contributed by atoms with Crippen molar-refractivity contribution < 1.29 is 33.4 Å². The van der Waals surface area contributed by atoms with Gasteiger partial charge < -0.3 is 26.2 Å². The van der Waals surface area contributed by atoms with Crippen LogP contribution in [0.3, 0.4) is 0 Å². The molecular weight excluding hydrogens is 388 g/mol. The molecule has 0 bridgehead atoms. The van der Waals surface area contributed by atoms with Crippen LogP contribution in [0.4, 0.5) is 8.78 Å². The molecule has 1 aliphatic rings. The van der Waals surface area contributed by atoms with Crippen molar-refractivity contribution in [2.75, 3.05) is 6.54 Å². The van der Waals surface area contributed by atoms with Crippen LogP contribution in [0, 0.1) is 11.6 Å². The summed E-state index contributed by atoms with van der Waals surface area (Å²) in [7, 11) is 0. The van der Waals surface area contributed by atoms with Crippen molar-refractivity contribution in [3.63, 3.8) is 0 Å². The van der Waals surface area contributed by atoms with Crippen LogP contribution in [0.15, 0.2) is 29.7 Å². The van der Waals surface area contributed by atoms with Crippen LogP contribution in [0.1, 0.15) is 37.7 Å². The second-order valence-corrected chi connectivity index (χ2v) is 6.71. The van der Waals surface area contributed by atoms with E-state index in [2.05, 4.69) is 10.6 Å². The highest BCUT2D eigenvalue weighted by Crippen LogP contribution is 2.18. The largest absolute Gasteiger partial charge is 0.494 e. The molecule has 0 atom stereocenters. The van der Waals surface area contributed by atoms with Crippen molar-refractivity contribution >= 4 is 17.8 Å². The van der Waals surface area contributed by atoms with Gasteiger partial charge in [-0.05, 0) is 30.5 Å². The highest BCUT2D eigenvalue weighted by molar-refractivity contribution is 6.19. The average Bonchev–Trinajstić information content (AvgIpc) is 2.68. The van der Waals surface area contributed by atoms with E-state index in [1.54, 1.807) is 0 Å². The number of carboxylic acids is 1. The molecule has 1 fully saturated rings. The van der Waals surface area contributed by atoms with Crippen LogP contribution in [0.2, 0.25) is 0 Å². The molecule has 1 aliphatic carbocycles. The third kappa shape index (κ3) is 6.74. The third-order valence-corrected chi connectivity index (χ3v) is 4.47. The Labute approximate surface area is 166 Å². The number of carboxylic acid groups (broad SMARTS) is 1. The minimum absolute atomic E-state index is 0.120. The van der Waals surface area contributed by atoms with Crippen LogP contribution in [0.25, 0.3) is 0 Å². The summed E-state index contributed by atoms with van der Waals surface area (Å²) in [5, 5.41) is 26.1. The lowest BCUT2D eigenvalue weighted by atomic mass is 9.95. The number of hydrogen-bond acceptors (Lipinski definition) is 5. The standard InChI is InChI=1S/C19H23F2N3O5/c20-13-7-6-11(8-14(13)21)9-22-17(27)16(18(28)23-10-15(25)26)19(29)24-12-4-2-1-3-5-12/h6-8,12,24,29H,1-5,9-10H2,(H,22,27)(H,23,28)(H,25,26)/b19-16-. The summed E-state index contributed by atoms with van der Waals surface area (Å²) in [5.74, 6) is -6.17. The Bertz CT molecular complexity index is 807. The van der Waals surface area contributed by atoms with Gasteiger partial charge in [-0.15, -0.1) is 0 Å². The fraction of sp³-hybridized carbons (Fsp3) is 0.421. The zero-order valence-corrected chi connectivity index (χ0v) is 15.6. The number of carbonyl (C=O) groups excluding carboxylic acids is 2. The minimum atomic E-state index is -1.32. The molecule has 0 saturated heterocycles. The molecule has 0 aromatic heterocycles. The second kappa shape index (κ2) is 10.4. The van der Waals surface area contributed by atoms with Crippen LogP contribution < -0.4 is 16.0 Å². The summed E-state index contributed by atoms with van der Waals surface area (Å²) in [4.78, 5) is 35.4. The Morgan fingerprint density at radius 3 is 2.24 bits per heavy atom. The van der Waals surface area contributed by atoms with E-state index in [9.17, 15) is 28.3 Å². The molecule has 1 saturated carbocycles. The van der Waals surface area contributed by atoms with Gasteiger partial charge in [-0.25, -0.2) is 8.78 Å². The molecule has 0 heterocycles. The Morgan fingerprint density at radius 2 is 1.62 bits per heavy atom. The average molecular weight is 411 g/mol. The Morgan fingerprint density at radius 1 is 0.966 bits per heavy atom. The first kappa shape index (κ1) is 22.1. The van der Waals surface area contributed by atoms with Gasteiger partial charge in [-0.3, -0.25) is 14.4 Å². The SMILES string of the molecule is O=C(O)CNC(=O)/C(C(=O)NCc1ccc(F)c(F)c1)=C(\O)NC1CCCCC1. The zero-order valence-electron chi connectivity index (χ0n) is 15.6. The van der Waals surface area contributed by atoms with E-state index in [-0.39, 0.29) is 18.2 Å². The fourth-order valence-corrected chi connectivity index (χ4v) is 3.00. The summed E-state index contributed by atoms with van der Waals surface area (Å²) in [6.07, 6.45) is 4.44. The maximum atomic E-state index is 13.3. The molecule has 0 spiro atoms. The number of halogens is 2. The van der Waals surface area contributed by atoms with Crippen molar-refractivity contribution in [2.45, 2.75) is 44.7 Å². The molecule has 158 valence electrons. The molecule has 0 radical (unpaired) electrons. The number of benzene rings is 1. The van der Waals surface area contributed by atoms with E-state index in [1.807, 2.05) is 5.32 Å². The number of amides is 2. The van der Waals surface area contributed by atoms with Gasteiger partial charge >= 0.3 is 5.97 Å². The van der Waals surface area contributed by atoms with Crippen molar-refractivity contribution in [3.05, 3.63) is 46.9 Å². The molecule has 1 aromatic rings. The normalized spacial score (nSPS) is 15.2. The molecule has 2 amide bonds. The summed E-state index contributed by atoms with van der Waals surface area (Å²) >= 11 is 0. The fourth-order valence-electron chi connectivity index (χ4n) is 3.00. The number of rotatable bonds is 8. The summed E-state index contributed by atoms with van der Waals surface area (Å²) < 4.78 is 26.3. The Balaban J connectivity index is 2.14. The van der Waals surface area contributed by atoms with E-state index < -0.39 is 47.4 Å². The van der Waals surface area contributed by atoms with Crippen LogP contribution >= 0.6 is 0 Å². The number of hydrogen-bond donors (Lipinski definition) is 5. The van der Waals surface area contributed by atoms with Crippen molar-refractivity contribution in [1.82, 2.24) is 16.0 Å².